The van der Waals surface area contributed by atoms with Crippen molar-refractivity contribution in [1.82, 2.24) is 0 Å². The number of aliphatic hydroxyl groups is 1. The van der Waals surface area contributed by atoms with Crippen molar-refractivity contribution in [3.63, 3.8) is 0 Å². The molecular weight excluding hydrogens is 221 g/mol. The molecule has 17 heavy (non-hydrogen) atoms. The van der Waals surface area contributed by atoms with Gasteiger partial charge in [0.15, 0.2) is 0 Å². The van der Waals surface area contributed by atoms with Crippen LogP contribution in [-0.4, -0.2) is 38.1 Å². The van der Waals surface area contributed by atoms with Crippen molar-refractivity contribution in [2.24, 2.45) is 5.73 Å². The highest BCUT2D eigenvalue weighted by Gasteiger charge is 2.42. The molecule has 6 heteroatoms. The van der Waals surface area contributed by atoms with Gasteiger partial charge in [0.2, 0.25) is 0 Å². The van der Waals surface area contributed by atoms with Crippen LogP contribution in [0.4, 0.5) is 0 Å². The van der Waals surface area contributed by atoms with E-state index in [1.165, 1.54) is 0 Å². The zero-order chi connectivity index (χ0) is 11.8. The summed E-state index contributed by atoms with van der Waals surface area (Å²) in [5, 5.41) is 9.16. The third-order valence-electron chi connectivity index (χ3n) is 3.13. The third-order valence-corrected chi connectivity index (χ3v) is 3.13. The molecule has 0 fully saturated rings. The maximum atomic E-state index is 9.16. The fourth-order valence-corrected chi connectivity index (χ4v) is 2.29. The molecule has 0 aromatic heterocycles. The molecule has 0 saturated carbocycles. The monoisotopic (exact) mass is 235 g/mol. The topological polar surface area (TPSA) is 73.9 Å². The molecule has 2 heterocycles. The van der Waals surface area contributed by atoms with Gasteiger partial charge in [-0.25, -0.2) is 0 Å². The molecule has 3 N–H and O–H groups in total. The lowest BCUT2D eigenvalue weighted by molar-refractivity contribution is 0.0498. The third kappa shape index (κ3) is 1.73. The molecule has 0 radical (unpaired) electrons. The molecular formula is C11H14BNO4. The Hall–Kier alpha value is -1.08. The predicted molar refractivity (Wildman–Crippen MR) is 62.2 cm³/mol. The molecule has 0 aliphatic carbocycles. The SMILES string of the molecule is NC[C@@H]1OB2O[C@H](CO)COc3cccc1c32. The first-order valence-electron chi connectivity index (χ1n) is 5.71. The second-order valence-corrected chi connectivity index (χ2v) is 4.20. The molecule has 2 aliphatic rings. The summed E-state index contributed by atoms with van der Waals surface area (Å²) in [5.41, 5.74) is 7.61. The van der Waals surface area contributed by atoms with Crippen molar-refractivity contribution in [1.29, 1.82) is 0 Å². The van der Waals surface area contributed by atoms with Crippen LogP contribution in [0.15, 0.2) is 18.2 Å². The van der Waals surface area contributed by atoms with Gasteiger partial charge in [-0.2, -0.15) is 0 Å². The van der Waals surface area contributed by atoms with E-state index in [0.29, 0.717) is 13.2 Å². The molecule has 90 valence electrons. The number of nitrogens with two attached hydrogens (primary N) is 1. The molecule has 0 saturated heterocycles. The van der Waals surface area contributed by atoms with Crippen LogP contribution in [0.25, 0.3) is 0 Å². The fraction of sp³-hybridized carbons (Fsp3) is 0.455. The van der Waals surface area contributed by atoms with E-state index in [9.17, 15) is 0 Å². The Morgan fingerprint density at radius 3 is 3.06 bits per heavy atom. The Morgan fingerprint density at radius 2 is 2.29 bits per heavy atom. The molecule has 2 atom stereocenters. The summed E-state index contributed by atoms with van der Waals surface area (Å²) in [6, 6.07) is 5.78. The maximum absolute atomic E-state index is 9.16. The van der Waals surface area contributed by atoms with Crippen LogP contribution < -0.4 is 15.9 Å². The summed E-state index contributed by atoms with van der Waals surface area (Å²) in [6.45, 7) is 0.649. The summed E-state index contributed by atoms with van der Waals surface area (Å²) >= 11 is 0. The first-order valence-corrected chi connectivity index (χ1v) is 5.71. The van der Waals surface area contributed by atoms with Crippen LogP contribution in [0.3, 0.4) is 0 Å². The van der Waals surface area contributed by atoms with Crippen LogP contribution in [0, 0.1) is 0 Å². The zero-order valence-electron chi connectivity index (χ0n) is 9.33. The summed E-state index contributed by atoms with van der Waals surface area (Å²) in [5.74, 6) is 0.763. The zero-order valence-corrected chi connectivity index (χ0v) is 9.33. The molecule has 5 nitrogen and oxygen atoms in total. The van der Waals surface area contributed by atoms with E-state index in [2.05, 4.69) is 0 Å². The van der Waals surface area contributed by atoms with Gasteiger partial charge in [-0.15, -0.1) is 0 Å². The lowest BCUT2D eigenvalue weighted by Crippen LogP contribution is -2.36. The first kappa shape index (κ1) is 11.0. The fourth-order valence-electron chi connectivity index (χ4n) is 2.29. The average Bonchev–Trinajstić information content (AvgIpc) is 2.61. The Morgan fingerprint density at radius 1 is 1.41 bits per heavy atom. The van der Waals surface area contributed by atoms with Crippen molar-refractivity contribution in [3.8, 4) is 5.75 Å². The molecule has 1 aromatic carbocycles. The second-order valence-electron chi connectivity index (χ2n) is 4.20. The van der Waals surface area contributed by atoms with E-state index in [1.807, 2.05) is 18.2 Å². The van der Waals surface area contributed by atoms with Crippen LogP contribution in [0.5, 0.6) is 5.75 Å². The van der Waals surface area contributed by atoms with Crippen LogP contribution in [0.1, 0.15) is 11.7 Å². The highest BCUT2D eigenvalue weighted by molar-refractivity contribution is 6.64. The second kappa shape index (κ2) is 4.31. The Kier molecular flexibility index (Phi) is 2.80. The quantitative estimate of drug-likeness (QED) is 0.655. The number of ether oxygens (including phenoxy) is 1. The van der Waals surface area contributed by atoms with E-state index >= 15 is 0 Å². The molecule has 0 unspecified atom stereocenters. The van der Waals surface area contributed by atoms with E-state index < -0.39 is 7.12 Å². The Bertz CT molecular complexity index is 428. The first-order chi connectivity index (χ1) is 8.33. The number of hydrogen-bond acceptors (Lipinski definition) is 5. The van der Waals surface area contributed by atoms with E-state index in [1.54, 1.807) is 0 Å². The van der Waals surface area contributed by atoms with Crippen LogP contribution in [0.2, 0.25) is 0 Å². The number of rotatable bonds is 2. The maximum Gasteiger partial charge on any atom is 0.498 e. The minimum atomic E-state index is -0.477. The highest BCUT2D eigenvalue weighted by Crippen LogP contribution is 2.30. The Labute approximate surface area is 99.6 Å². The minimum absolute atomic E-state index is 0.0868. The van der Waals surface area contributed by atoms with Crippen molar-refractivity contribution >= 4 is 12.6 Å². The summed E-state index contributed by atoms with van der Waals surface area (Å²) in [6.07, 6.45) is -0.521. The summed E-state index contributed by atoms with van der Waals surface area (Å²) in [7, 11) is -0.477. The number of aliphatic hydroxyl groups excluding tert-OH is 1. The molecule has 0 spiro atoms. The van der Waals surface area contributed by atoms with Gasteiger partial charge in [0.25, 0.3) is 0 Å². The summed E-state index contributed by atoms with van der Waals surface area (Å²) in [4.78, 5) is 0. The number of hydrogen-bond donors (Lipinski definition) is 2. The molecule has 2 aliphatic heterocycles. The lowest BCUT2D eigenvalue weighted by atomic mass is 9.77. The van der Waals surface area contributed by atoms with Crippen molar-refractivity contribution in [2.75, 3.05) is 19.8 Å². The van der Waals surface area contributed by atoms with Crippen LogP contribution >= 0.6 is 0 Å². The number of benzene rings is 1. The summed E-state index contributed by atoms with van der Waals surface area (Å²) < 4.78 is 17.0. The largest absolute Gasteiger partial charge is 0.498 e. The van der Waals surface area contributed by atoms with Gasteiger partial charge in [0, 0.05) is 12.0 Å². The standard InChI is InChI=1S/C11H14BNO4/c13-4-10-8-2-1-3-9-11(8)12(17-10)16-7(5-14)6-15-9/h1-3,7,10,14H,4-6,13H2/t7-,10+/m1/s1. The highest BCUT2D eigenvalue weighted by atomic mass is 16.6. The van der Waals surface area contributed by atoms with Gasteiger partial charge in [0.05, 0.1) is 12.7 Å². The molecule has 0 bridgehead atoms. The molecule has 3 rings (SSSR count). The predicted octanol–water partition coefficient (Wildman–Crippen LogP) is -0.818. The van der Waals surface area contributed by atoms with E-state index in [4.69, 9.17) is 24.9 Å². The molecule has 1 aromatic rings. The normalized spacial score (nSPS) is 26.4. The smallest absolute Gasteiger partial charge is 0.491 e. The van der Waals surface area contributed by atoms with Crippen LogP contribution in [-0.2, 0) is 9.31 Å². The molecule has 0 amide bonds. The van der Waals surface area contributed by atoms with Gasteiger partial charge in [-0.1, -0.05) is 12.1 Å². The van der Waals surface area contributed by atoms with Gasteiger partial charge in [-0.05, 0) is 11.6 Å². The van der Waals surface area contributed by atoms with Gasteiger partial charge >= 0.3 is 7.12 Å². The van der Waals surface area contributed by atoms with Gasteiger partial charge in [0.1, 0.15) is 18.5 Å². The Balaban J connectivity index is 2.02. The van der Waals surface area contributed by atoms with Gasteiger partial charge < -0.3 is 24.9 Å². The van der Waals surface area contributed by atoms with E-state index in [-0.39, 0.29) is 18.8 Å². The van der Waals surface area contributed by atoms with Crippen molar-refractivity contribution in [3.05, 3.63) is 23.8 Å². The van der Waals surface area contributed by atoms with Gasteiger partial charge in [-0.3, -0.25) is 0 Å². The van der Waals surface area contributed by atoms with Crippen molar-refractivity contribution in [2.45, 2.75) is 12.2 Å². The van der Waals surface area contributed by atoms with E-state index in [0.717, 1.165) is 16.8 Å². The lowest BCUT2D eigenvalue weighted by Gasteiger charge is -2.16. The minimum Gasteiger partial charge on any atom is -0.491 e. The average molecular weight is 235 g/mol. The van der Waals surface area contributed by atoms with Crippen molar-refractivity contribution < 1.29 is 19.2 Å².